The van der Waals surface area contributed by atoms with Crippen LogP contribution in [0.3, 0.4) is 0 Å². The number of carbonyl (C=O) groups is 2. The third-order valence-electron chi connectivity index (χ3n) is 4.23. The van der Waals surface area contributed by atoms with Crippen LogP contribution in [0.5, 0.6) is 0 Å². The lowest BCUT2D eigenvalue weighted by Gasteiger charge is -2.21. The van der Waals surface area contributed by atoms with Crippen molar-refractivity contribution in [2.75, 3.05) is 6.61 Å². The van der Waals surface area contributed by atoms with Gasteiger partial charge in [0.2, 0.25) is 5.91 Å². The quantitative estimate of drug-likeness (QED) is 0.524. The molecular weight excluding hydrogens is 266 g/mol. The predicted octanol–water partition coefficient (Wildman–Crippen LogP) is 3.44. The number of carbonyl (C=O) groups excluding carboxylic acids is 2. The van der Waals surface area contributed by atoms with Gasteiger partial charge in [-0.05, 0) is 24.7 Å². The maximum atomic E-state index is 12.0. The third-order valence-corrected chi connectivity index (χ3v) is 4.23. The van der Waals surface area contributed by atoms with Crippen molar-refractivity contribution in [1.29, 1.82) is 0 Å². The summed E-state index contributed by atoms with van der Waals surface area (Å²) in [5.41, 5.74) is 0. The van der Waals surface area contributed by atoms with E-state index in [0.717, 1.165) is 19.3 Å². The van der Waals surface area contributed by atoms with E-state index in [1.165, 1.54) is 25.7 Å². The summed E-state index contributed by atoms with van der Waals surface area (Å²) in [5, 5.41) is 2.85. The van der Waals surface area contributed by atoms with Crippen LogP contribution in [0.1, 0.15) is 72.1 Å². The van der Waals surface area contributed by atoms with Crippen LogP contribution in [0, 0.1) is 11.8 Å². The van der Waals surface area contributed by atoms with Crippen molar-refractivity contribution in [2.45, 2.75) is 78.2 Å². The summed E-state index contributed by atoms with van der Waals surface area (Å²) >= 11 is 0. The molecule has 1 unspecified atom stereocenters. The first-order valence-corrected chi connectivity index (χ1v) is 8.50. The van der Waals surface area contributed by atoms with E-state index in [4.69, 9.17) is 4.74 Å². The van der Waals surface area contributed by atoms with Crippen molar-refractivity contribution < 1.29 is 14.3 Å². The summed E-state index contributed by atoms with van der Waals surface area (Å²) in [6.07, 6.45) is 8.42. The molecule has 1 fully saturated rings. The summed E-state index contributed by atoms with van der Waals surface area (Å²) in [7, 11) is 0. The monoisotopic (exact) mass is 297 g/mol. The number of esters is 1. The Morgan fingerprint density at radius 1 is 1.24 bits per heavy atom. The summed E-state index contributed by atoms with van der Waals surface area (Å²) < 4.78 is 5.23. The summed E-state index contributed by atoms with van der Waals surface area (Å²) in [5.74, 6) is 0.431. The lowest BCUT2D eigenvalue weighted by atomic mass is 10.0. The minimum Gasteiger partial charge on any atom is -0.464 e. The highest BCUT2D eigenvalue weighted by Gasteiger charge is 2.26. The van der Waals surface area contributed by atoms with Gasteiger partial charge in [-0.25, -0.2) is 4.79 Å². The van der Waals surface area contributed by atoms with E-state index in [-0.39, 0.29) is 17.8 Å². The Morgan fingerprint density at radius 2 is 1.90 bits per heavy atom. The SMILES string of the molecule is CCCCOC(=O)C(NC(=O)CCC1CCCC1)C(C)C. The molecule has 1 aliphatic rings. The molecule has 1 aliphatic carbocycles. The van der Waals surface area contributed by atoms with Crippen molar-refractivity contribution in [1.82, 2.24) is 5.32 Å². The van der Waals surface area contributed by atoms with Crippen LogP contribution in [0.4, 0.5) is 0 Å². The molecule has 1 rings (SSSR count). The molecule has 1 saturated carbocycles. The summed E-state index contributed by atoms with van der Waals surface area (Å²) in [6.45, 7) is 6.36. The molecule has 0 saturated heterocycles. The lowest BCUT2D eigenvalue weighted by Crippen LogP contribution is -2.45. The highest BCUT2D eigenvalue weighted by Crippen LogP contribution is 2.28. The van der Waals surface area contributed by atoms with Gasteiger partial charge < -0.3 is 10.1 Å². The van der Waals surface area contributed by atoms with E-state index in [1.807, 2.05) is 13.8 Å². The second-order valence-corrected chi connectivity index (χ2v) is 6.50. The van der Waals surface area contributed by atoms with Crippen LogP contribution in [0.15, 0.2) is 0 Å². The zero-order chi connectivity index (χ0) is 15.7. The maximum Gasteiger partial charge on any atom is 0.328 e. The Hall–Kier alpha value is -1.06. The van der Waals surface area contributed by atoms with E-state index in [2.05, 4.69) is 12.2 Å². The van der Waals surface area contributed by atoms with Gasteiger partial charge in [0.1, 0.15) is 6.04 Å². The van der Waals surface area contributed by atoms with Gasteiger partial charge in [-0.3, -0.25) is 4.79 Å². The first-order valence-electron chi connectivity index (χ1n) is 8.50. The van der Waals surface area contributed by atoms with E-state index in [1.54, 1.807) is 0 Å². The number of hydrogen-bond acceptors (Lipinski definition) is 3. The lowest BCUT2D eigenvalue weighted by molar-refractivity contribution is -0.149. The molecule has 4 nitrogen and oxygen atoms in total. The van der Waals surface area contributed by atoms with Crippen molar-refractivity contribution >= 4 is 11.9 Å². The predicted molar refractivity (Wildman–Crippen MR) is 83.8 cm³/mol. The van der Waals surface area contributed by atoms with Gasteiger partial charge in [0, 0.05) is 6.42 Å². The molecule has 0 radical (unpaired) electrons. The Labute approximate surface area is 129 Å². The third kappa shape index (κ3) is 6.96. The molecule has 0 spiro atoms. The van der Waals surface area contributed by atoms with Gasteiger partial charge in [0.05, 0.1) is 6.61 Å². The first-order chi connectivity index (χ1) is 10.0. The standard InChI is InChI=1S/C17H31NO3/c1-4-5-12-21-17(20)16(13(2)3)18-15(19)11-10-14-8-6-7-9-14/h13-14,16H,4-12H2,1-3H3,(H,18,19). The highest BCUT2D eigenvalue weighted by atomic mass is 16.5. The minimum atomic E-state index is -0.516. The number of hydrogen-bond donors (Lipinski definition) is 1. The number of unbranched alkanes of at least 4 members (excludes halogenated alkanes) is 1. The Morgan fingerprint density at radius 3 is 2.48 bits per heavy atom. The molecule has 1 N–H and O–H groups in total. The molecule has 4 heteroatoms. The summed E-state index contributed by atoms with van der Waals surface area (Å²) in [4.78, 5) is 24.0. The van der Waals surface area contributed by atoms with Gasteiger partial charge in [-0.15, -0.1) is 0 Å². The van der Waals surface area contributed by atoms with Crippen LogP contribution in [0.2, 0.25) is 0 Å². The van der Waals surface area contributed by atoms with Crippen LogP contribution in [-0.4, -0.2) is 24.5 Å². The molecule has 1 atom stereocenters. The van der Waals surface area contributed by atoms with Crippen molar-refractivity contribution in [2.24, 2.45) is 11.8 Å². The van der Waals surface area contributed by atoms with Gasteiger partial charge in [0.15, 0.2) is 0 Å². The van der Waals surface area contributed by atoms with Crippen molar-refractivity contribution in [3.8, 4) is 0 Å². The molecular formula is C17H31NO3. The molecule has 1 amide bonds. The van der Waals surface area contributed by atoms with Gasteiger partial charge in [0.25, 0.3) is 0 Å². The van der Waals surface area contributed by atoms with Gasteiger partial charge in [-0.2, -0.15) is 0 Å². The topological polar surface area (TPSA) is 55.4 Å². The van der Waals surface area contributed by atoms with Crippen molar-refractivity contribution in [3.05, 3.63) is 0 Å². The highest BCUT2D eigenvalue weighted by molar-refractivity contribution is 5.84. The number of amides is 1. The Bertz CT molecular complexity index is 322. The molecule has 21 heavy (non-hydrogen) atoms. The molecule has 0 aromatic heterocycles. The van der Waals surface area contributed by atoms with Crippen LogP contribution < -0.4 is 5.32 Å². The van der Waals surface area contributed by atoms with E-state index in [9.17, 15) is 9.59 Å². The fourth-order valence-corrected chi connectivity index (χ4v) is 2.78. The van der Waals surface area contributed by atoms with E-state index < -0.39 is 6.04 Å². The van der Waals surface area contributed by atoms with Crippen LogP contribution >= 0.6 is 0 Å². The number of ether oxygens (including phenoxy) is 1. The molecule has 0 aliphatic heterocycles. The van der Waals surface area contributed by atoms with Crippen LogP contribution in [-0.2, 0) is 14.3 Å². The Kier molecular flexibility index (Phi) is 8.40. The largest absolute Gasteiger partial charge is 0.464 e. The average molecular weight is 297 g/mol. The molecule has 0 bridgehead atoms. The second-order valence-electron chi connectivity index (χ2n) is 6.50. The van der Waals surface area contributed by atoms with E-state index in [0.29, 0.717) is 18.9 Å². The molecule has 122 valence electrons. The zero-order valence-corrected chi connectivity index (χ0v) is 13.8. The Balaban J connectivity index is 2.34. The summed E-state index contributed by atoms with van der Waals surface area (Å²) in [6, 6.07) is -0.516. The maximum absolute atomic E-state index is 12.0. The van der Waals surface area contributed by atoms with Crippen molar-refractivity contribution in [3.63, 3.8) is 0 Å². The van der Waals surface area contributed by atoms with E-state index >= 15 is 0 Å². The fraction of sp³-hybridized carbons (Fsp3) is 0.882. The van der Waals surface area contributed by atoms with Crippen LogP contribution in [0.25, 0.3) is 0 Å². The first kappa shape index (κ1) is 18.0. The molecule has 0 aromatic carbocycles. The smallest absolute Gasteiger partial charge is 0.328 e. The average Bonchev–Trinajstić information content (AvgIpc) is 2.95. The molecule has 0 aromatic rings. The van der Waals surface area contributed by atoms with Gasteiger partial charge >= 0.3 is 5.97 Å². The zero-order valence-electron chi connectivity index (χ0n) is 13.8. The fourth-order valence-electron chi connectivity index (χ4n) is 2.78. The number of nitrogens with one attached hydrogen (secondary N) is 1. The van der Waals surface area contributed by atoms with Gasteiger partial charge in [-0.1, -0.05) is 52.9 Å². The second kappa shape index (κ2) is 9.80. The normalized spacial score (nSPS) is 17.0. The number of rotatable bonds is 9. The minimum absolute atomic E-state index is 0.0203. The molecule has 0 heterocycles.